The zero-order valence-electron chi connectivity index (χ0n) is 23.6. The molecule has 41 heavy (non-hydrogen) atoms. The van der Waals surface area contributed by atoms with E-state index in [1.165, 1.54) is 0 Å². The molecule has 3 aliphatic rings. The maximum absolute atomic E-state index is 13.1. The van der Waals surface area contributed by atoms with Crippen LogP contribution in [0.3, 0.4) is 0 Å². The Morgan fingerprint density at radius 2 is 1.59 bits per heavy atom. The summed E-state index contributed by atoms with van der Waals surface area (Å²) >= 11 is 0. The highest BCUT2D eigenvalue weighted by Gasteiger charge is 2.51. The van der Waals surface area contributed by atoms with Crippen LogP contribution in [-0.4, -0.2) is 53.9 Å². The number of nitrogens with zero attached hydrogens (tertiary/aromatic N) is 2. The molecule has 6 rings (SSSR count). The van der Waals surface area contributed by atoms with Crippen LogP contribution in [0, 0.1) is 5.92 Å². The van der Waals surface area contributed by atoms with E-state index >= 15 is 0 Å². The Balaban J connectivity index is 1.20. The lowest BCUT2D eigenvalue weighted by molar-refractivity contribution is -0.276. The van der Waals surface area contributed by atoms with Crippen molar-refractivity contribution in [2.45, 2.75) is 57.0 Å². The van der Waals surface area contributed by atoms with Crippen molar-refractivity contribution in [2.24, 2.45) is 11.7 Å². The number of aliphatic hydroxyl groups is 1. The molecule has 3 aromatic rings. The molecule has 3 saturated heterocycles. The fourth-order valence-electron chi connectivity index (χ4n) is 6.53. The molecule has 0 aliphatic carbocycles. The number of piperidine rings is 1. The first-order chi connectivity index (χ1) is 20.0. The first-order valence-corrected chi connectivity index (χ1v) is 14.6. The van der Waals surface area contributed by atoms with Crippen LogP contribution in [-0.2, 0) is 27.4 Å². The molecule has 4 atom stereocenters. The predicted molar refractivity (Wildman–Crippen MR) is 158 cm³/mol. The molecule has 216 valence electrons. The van der Waals surface area contributed by atoms with Crippen LogP contribution in [0.1, 0.15) is 54.4 Å². The molecule has 3 aromatic carbocycles. The zero-order chi connectivity index (χ0) is 28.4. The van der Waals surface area contributed by atoms with E-state index in [0.717, 1.165) is 60.4 Å². The molecule has 1 amide bonds. The second kappa shape index (κ2) is 11.9. The minimum atomic E-state index is -0.510. The molecule has 8 nitrogen and oxygen atoms in total. The van der Waals surface area contributed by atoms with Crippen molar-refractivity contribution in [3.8, 4) is 0 Å². The number of nitrogens with two attached hydrogens (primary N) is 1. The number of ether oxygens (including phenoxy) is 2. The highest BCUT2D eigenvalue weighted by Crippen LogP contribution is 2.43. The highest BCUT2D eigenvalue weighted by molar-refractivity contribution is 5.93. The number of anilines is 1. The maximum Gasteiger partial charge on any atom is 0.247 e. The van der Waals surface area contributed by atoms with Crippen molar-refractivity contribution < 1.29 is 19.4 Å². The zero-order valence-corrected chi connectivity index (χ0v) is 23.6. The van der Waals surface area contributed by atoms with Crippen LogP contribution in [0.15, 0.2) is 78.9 Å². The number of hydrogen-bond acceptors (Lipinski definition) is 7. The van der Waals surface area contributed by atoms with Gasteiger partial charge in [0.25, 0.3) is 0 Å². The number of para-hydroxylation sites is 1. The monoisotopic (exact) mass is 556 g/mol. The van der Waals surface area contributed by atoms with E-state index in [1.807, 2.05) is 66.7 Å². The third-order valence-corrected chi connectivity index (χ3v) is 9.14. The summed E-state index contributed by atoms with van der Waals surface area (Å²) in [5.41, 5.74) is 10.4. The first kappa shape index (κ1) is 27.9. The van der Waals surface area contributed by atoms with Gasteiger partial charge >= 0.3 is 0 Å². The number of carbonyl (C=O) groups excluding carboxylic acids is 1. The molecular formula is C33H40N4O4. The van der Waals surface area contributed by atoms with Gasteiger partial charge in [0.15, 0.2) is 6.29 Å². The Kier molecular flexibility index (Phi) is 8.10. The average Bonchev–Trinajstić information content (AvgIpc) is 3.34. The molecule has 0 bridgehead atoms. The van der Waals surface area contributed by atoms with E-state index in [1.54, 1.807) is 0 Å². The summed E-state index contributed by atoms with van der Waals surface area (Å²) in [6.45, 7) is 5.63. The second-order valence-electron chi connectivity index (χ2n) is 11.5. The lowest BCUT2D eigenvalue weighted by atomic mass is 9.84. The minimum absolute atomic E-state index is 0.0133. The largest absolute Gasteiger partial charge is 0.392 e. The number of rotatable bonds is 7. The van der Waals surface area contributed by atoms with Crippen molar-refractivity contribution in [3.05, 3.63) is 101 Å². The summed E-state index contributed by atoms with van der Waals surface area (Å²) in [5.74, 6) is 0.227. The third-order valence-electron chi connectivity index (χ3n) is 9.14. The van der Waals surface area contributed by atoms with Crippen LogP contribution in [0.25, 0.3) is 0 Å². The number of benzene rings is 3. The summed E-state index contributed by atoms with van der Waals surface area (Å²) in [5, 5.41) is 12.6. The molecule has 0 radical (unpaired) electrons. The van der Waals surface area contributed by atoms with Gasteiger partial charge in [0.05, 0.1) is 25.5 Å². The number of hydrogen-bond donors (Lipinski definition) is 3. The highest BCUT2D eigenvalue weighted by atomic mass is 16.7. The van der Waals surface area contributed by atoms with Crippen molar-refractivity contribution in [2.75, 3.05) is 31.2 Å². The Morgan fingerprint density at radius 3 is 2.24 bits per heavy atom. The molecule has 0 unspecified atom stereocenters. The Morgan fingerprint density at radius 1 is 0.927 bits per heavy atom. The van der Waals surface area contributed by atoms with Crippen LogP contribution in [0.4, 0.5) is 5.69 Å². The molecule has 1 spiro atoms. The van der Waals surface area contributed by atoms with Crippen LogP contribution in [0.2, 0.25) is 0 Å². The standard InChI is InChI=1S/C33H40N4O4/c1-23-29(20-36-17-15-33(16-18-36)32(39)35-22-37(33)28-5-3-2-4-6-28)40-31(27-13-7-24(19-34)8-14-27)41-30(23)26-11-9-25(21-38)10-12-26/h2-14,23,29-31,38H,15-22,34H2,1H3,(H,35,39)/t23-,29+,30+,31+/m0/s1. The van der Waals surface area contributed by atoms with E-state index in [9.17, 15) is 9.90 Å². The summed E-state index contributed by atoms with van der Waals surface area (Å²) in [4.78, 5) is 17.8. The molecular weight excluding hydrogens is 516 g/mol. The van der Waals surface area contributed by atoms with Gasteiger partial charge in [-0.05, 0) is 41.7 Å². The van der Waals surface area contributed by atoms with E-state index in [0.29, 0.717) is 13.2 Å². The number of likely N-dealkylation sites (tertiary alicyclic amines) is 1. The van der Waals surface area contributed by atoms with Crippen LogP contribution in [0.5, 0.6) is 0 Å². The lowest BCUT2D eigenvalue weighted by Gasteiger charge is -2.46. The summed E-state index contributed by atoms with van der Waals surface area (Å²) in [7, 11) is 0. The van der Waals surface area contributed by atoms with Crippen molar-refractivity contribution in [1.82, 2.24) is 10.2 Å². The Bertz CT molecular complexity index is 1310. The normalized spacial score (nSPS) is 26.3. The van der Waals surface area contributed by atoms with Gasteiger partial charge in [0.2, 0.25) is 5.91 Å². The second-order valence-corrected chi connectivity index (χ2v) is 11.5. The molecule has 3 heterocycles. The lowest BCUT2D eigenvalue weighted by Crippen LogP contribution is -2.57. The van der Waals surface area contributed by atoms with E-state index < -0.39 is 11.8 Å². The molecule has 8 heteroatoms. The van der Waals surface area contributed by atoms with E-state index in [-0.39, 0.29) is 30.6 Å². The summed E-state index contributed by atoms with van der Waals surface area (Å²) < 4.78 is 13.3. The molecule has 0 saturated carbocycles. The van der Waals surface area contributed by atoms with Crippen molar-refractivity contribution in [1.29, 1.82) is 0 Å². The smallest absolute Gasteiger partial charge is 0.247 e. The van der Waals surface area contributed by atoms with Gasteiger partial charge in [-0.2, -0.15) is 0 Å². The van der Waals surface area contributed by atoms with Crippen molar-refractivity contribution >= 4 is 11.6 Å². The third kappa shape index (κ3) is 5.50. The average molecular weight is 557 g/mol. The molecule has 4 N–H and O–H groups in total. The maximum atomic E-state index is 13.1. The molecule has 3 aliphatic heterocycles. The predicted octanol–water partition coefficient (Wildman–Crippen LogP) is 3.86. The quantitative estimate of drug-likeness (QED) is 0.406. The Labute approximate surface area is 242 Å². The number of nitrogens with one attached hydrogen (secondary N) is 1. The van der Waals surface area contributed by atoms with Gasteiger partial charge < -0.3 is 35.4 Å². The fraction of sp³-hybridized carbons (Fsp3) is 0.424. The van der Waals surface area contributed by atoms with Gasteiger partial charge in [-0.25, -0.2) is 0 Å². The number of amides is 1. The van der Waals surface area contributed by atoms with Gasteiger partial charge in [-0.3, -0.25) is 4.79 Å². The molecule has 3 fully saturated rings. The fourth-order valence-corrected chi connectivity index (χ4v) is 6.53. The van der Waals surface area contributed by atoms with Gasteiger partial charge in [-0.1, -0.05) is 73.7 Å². The van der Waals surface area contributed by atoms with Crippen LogP contribution < -0.4 is 16.0 Å². The molecule has 0 aromatic heterocycles. The SMILES string of the molecule is C[C@H]1[C@@H](CN2CCC3(CC2)C(=O)NCN3c2ccccc2)O[C@@H](c2ccc(CN)cc2)O[C@H]1c1ccc(CO)cc1. The van der Waals surface area contributed by atoms with Gasteiger partial charge in [0, 0.05) is 43.3 Å². The van der Waals surface area contributed by atoms with Gasteiger partial charge in [-0.15, -0.1) is 0 Å². The minimum Gasteiger partial charge on any atom is -0.392 e. The van der Waals surface area contributed by atoms with Crippen LogP contribution >= 0.6 is 0 Å². The number of carbonyl (C=O) groups is 1. The summed E-state index contributed by atoms with van der Waals surface area (Å²) in [6.07, 6.45) is 0.798. The Hall–Kier alpha value is -3.27. The van der Waals surface area contributed by atoms with E-state index in [2.05, 4.69) is 34.2 Å². The van der Waals surface area contributed by atoms with Crippen molar-refractivity contribution in [3.63, 3.8) is 0 Å². The van der Waals surface area contributed by atoms with Gasteiger partial charge in [0.1, 0.15) is 5.54 Å². The topological polar surface area (TPSA) is 100 Å². The summed E-state index contributed by atoms with van der Waals surface area (Å²) in [6, 6.07) is 26.3. The first-order valence-electron chi connectivity index (χ1n) is 14.6. The number of aliphatic hydroxyl groups excluding tert-OH is 1. The van der Waals surface area contributed by atoms with E-state index in [4.69, 9.17) is 15.2 Å².